The molecule has 0 aliphatic carbocycles. The third-order valence-electron chi connectivity index (χ3n) is 3.74. The van der Waals surface area contributed by atoms with Crippen LogP contribution in [-0.4, -0.2) is 40.4 Å². The fourth-order valence-corrected chi connectivity index (χ4v) is 4.10. The molecule has 0 amide bonds. The Bertz CT molecular complexity index is 1130. The van der Waals surface area contributed by atoms with Crippen molar-refractivity contribution in [1.82, 2.24) is 0 Å². The van der Waals surface area contributed by atoms with Crippen LogP contribution in [0.4, 0.5) is 11.4 Å². The highest BCUT2D eigenvalue weighted by Gasteiger charge is 2.42. The molecular weight excluding hydrogens is 404 g/mol. The maximum atomic E-state index is 12.9. The van der Waals surface area contributed by atoms with Gasteiger partial charge in [0, 0.05) is 12.1 Å². The highest BCUT2D eigenvalue weighted by atomic mass is 32.2. The summed E-state index contributed by atoms with van der Waals surface area (Å²) in [4.78, 5) is 40.8. The minimum absolute atomic E-state index is 0.541. The number of hydrogen-bond donors (Lipinski definition) is 2. The number of hydrogen-bond acceptors (Lipinski definition) is 9. The molecule has 28 heavy (non-hydrogen) atoms. The summed E-state index contributed by atoms with van der Waals surface area (Å²) in [5.41, 5.74) is -3.57. The van der Waals surface area contributed by atoms with E-state index in [1.165, 1.54) is 0 Å². The van der Waals surface area contributed by atoms with Gasteiger partial charge in [0.15, 0.2) is 0 Å². The van der Waals surface area contributed by atoms with E-state index in [1.807, 2.05) is 0 Å². The zero-order chi connectivity index (χ0) is 21.0. The van der Waals surface area contributed by atoms with Gasteiger partial charge in [-0.15, -0.1) is 0 Å². The van der Waals surface area contributed by atoms with Crippen LogP contribution in [0.5, 0.6) is 11.5 Å². The first-order valence-corrected chi connectivity index (χ1v) is 8.48. The number of sulfone groups is 1. The van der Waals surface area contributed by atoms with E-state index in [0.29, 0.717) is 24.3 Å². The van der Waals surface area contributed by atoms with Crippen molar-refractivity contribution in [2.45, 2.75) is 9.79 Å². The van der Waals surface area contributed by atoms with E-state index in [1.54, 1.807) is 0 Å². The zero-order valence-corrected chi connectivity index (χ0v) is 14.0. The highest BCUT2D eigenvalue weighted by Crippen LogP contribution is 2.51. The van der Waals surface area contributed by atoms with Crippen LogP contribution in [0.3, 0.4) is 0 Å². The van der Waals surface area contributed by atoms with E-state index < -0.39 is 75.4 Å². The van der Waals surface area contributed by atoms with E-state index in [0.717, 1.165) is 0 Å². The molecule has 14 heteroatoms. The standard InChI is InChI=1S/C14H6N2O11S/c17-13(18)5-1-7(15(21)22)11-9(3-5)28(25,26)10-4-6(14(19)20)2-8(16(23)24)12(10)27-11/h1-4H,(H,17,18)(H,19,20). The second kappa shape index (κ2) is 5.98. The lowest BCUT2D eigenvalue weighted by Gasteiger charge is -2.20. The number of carboxylic acid groups (broad SMARTS) is 2. The normalized spacial score (nSPS) is 13.6. The van der Waals surface area contributed by atoms with Crippen molar-refractivity contribution in [2.75, 3.05) is 0 Å². The van der Waals surface area contributed by atoms with Gasteiger partial charge in [0.05, 0.1) is 21.0 Å². The van der Waals surface area contributed by atoms with Crippen LogP contribution in [0.1, 0.15) is 20.7 Å². The van der Waals surface area contributed by atoms with Crippen molar-refractivity contribution in [3.8, 4) is 11.5 Å². The summed E-state index contributed by atoms with van der Waals surface area (Å²) in [7, 11) is -4.79. The summed E-state index contributed by atoms with van der Waals surface area (Å²) in [6, 6.07) is 2.25. The van der Waals surface area contributed by atoms with Crippen molar-refractivity contribution >= 4 is 33.2 Å². The van der Waals surface area contributed by atoms with E-state index in [4.69, 9.17) is 14.9 Å². The molecule has 0 fully saturated rings. The number of nitro groups is 2. The molecule has 1 aliphatic rings. The molecule has 3 rings (SSSR count). The monoisotopic (exact) mass is 410 g/mol. The molecular formula is C14H6N2O11S. The third-order valence-corrected chi connectivity index (χ3v) is 5.51. The Morgan fingerprint density at radius 3 is 1.46 bits per heavy atom. The summed E-state index contributed by atoms with van der Waals surface area (Å²) in [6.45, 7) is 0. The van der Waals surface area contributed by atoms with E-state index in [2.05, 4.69) is 0 Å². The minimum atomic E-state index is -4.79. The molecule has 2 aromatic rings. The Kier molecular flexibility index (Phi) is 4.00. The lowest BCUT2D eigenvalue weighted by Crippen LogP contribution is -2.16. The topological polar surface area (TPSA) is 204 Å². The molecule has 2 aromatic carbocycles. The van der Waals surface area contributed by atoms with Crippen molar-refractivity contribution in [2.24, 2.45) is 0 Å². The Morgan fingerprint density at radius 1 is 0.821 bits per heavy atom. The average Bonchev–Trinajstić information content (AvgIpc) is 2.59. The van der Waals surface area contributed by atoms with Gasteiger partial charge in [0.25, 0.3) is 0 Å². The maximum absolute atomic E-state index is 12.9. The van der Waals surface area contributed by atoms with Crippen molar-refractivity contribution < 1.29 is 42.8 Å². The van der Waals surface area contributed by atoms with Gasteiger partial charge >= 0.3 is 23.3 Å². The Labute approximate surface area is 153 Å². The molecule has 0 spiro atoms. The van der Waals surface area contributed by atoms with Crippen molar-refractivity contribution in [1.29, 1.82) is 0 Å². The van der Waals surface area contributed by atoms with Gasteiger partial charge in [-0.3, -0.25) is 20.2 Å². The lowest BCUT2D eigenvalue weighted by atomic mass is 10.1. The molecule has 0 aromatic heterocycles. The molecule has 0 radical (unpaired) electrons. The van der Waals surface area contributed by atoms with Gasteiger partial charge in [0.2, 0.25) is 21.3 Å². The minimum Gasteiger partial charge on any atom is -0.478 e. The van der Waals surface area contributed by atoms with Gasteiger partial charge in [-0.05, 0) is 12.1 Å². The van der Waals surface area contributed by atoms with Crippen LogP contribution in [0.25, 0.3) is 0 Å². The first kappa shape index (κ1) is 18.7. The van der Waals surface area contributed by atoms with E-state index >= 15 is 0 Å². The maximum Gasteiger partial charge on any atom is 0.335 e. The molecule has 0 unspecified atom stereocenters. The van der Waals surface area contributed by atoms with E-state index in [9.17, 15) is 38.2 Å². The van der Waals surface area contributed by atoms with Crippen molar-refractivity contribution in [3.05, 3.63) is 55.6 Å². The van der Waals surface area contributed by atoms with Crippen molar-refractivity contribution in [3.63, 3.8) is 0 Å². The van der Waals surface area contributed by atoms with E-state index in [-0.39, 0.29) is 0 Å². The molecule has 2 N–H and O–H groups in total. The van der Waals surface area contributed by atoms with Gasteiger partial charge in [-0.2, -0.15) is 0 Å². The number of nitrogens with zero attached hydrogens (tertiary/aromatic N) is 2. The molecule has 0 bridgehead atoms. The van der Waals surface area contributed by atoms with Gasteiger partial charge in [-0.25, -0.2) is 18.0 Å². The summed E-state index contributed by atoms with van der Waals surface area (Å²) in [5, 5.41) is 40.7. The quantitative estimate of drug-likeness (QED) is 0.468. The Hall–Kier alpha value is -4.07. The number of fused-ring (bicyclic) bond motifs is 2. The number of rotatable bonds is 4. The van der Waals surface area contributed by atoms with Gasteiger partial charge < -0.3 is 14.9 Å². The third kappa shape index (κ3) is 2.67. The Balaban J connectivity index is 2.45. The number of carbonyl (C=O) groups is 2. The second-order valence-electron chi connectivity index (χ2n) is 5.38. The summed E-state index contributed by atoms with van der Waals surface area (Å²) in [6.07, 6.45) is 0. The number of aromatic carboxylic acids is 2. The predicted octanol–water partition coefficient (Wildman–Crippen LogP) is 1.84. The number of nitro benzene ring substituents is 2. The first-order chi connectivity index (χ1) is 12.9. The van der Waals surface area contributed by atoms with Gasteiger partial charge in [-0.1, -0.05) is 0 Å². The predicted molar refractivity (Wildman–Crippen MR) is 85.6 cm³/mol. The van der Waals surface area contributed by atoms with Crippen LogP contribution in [0.15, 0.2) is 34.1 Å². The molecule has 1 heterocycles. The van der Waals surface area contributed by atoms with Crippen LogP contribution in [0.2, 0.25) is 0 Å². The van der Waals surface area contributed by atoms with Crippen LogP contribution in [-0.2, 0) is 9.84 Å². The fraction of sp³-hybridized carbons (Fsp3) is 0. The van der Waals surface area contributed by atoms with Crippen LogP contribution < -0.4 is 4.74 Å². The molecule has 0 atom stereocenters. The second-order valence-corrected chi connectivity index (χ2v) is 7.26. The summed E-state index contributed by atoms with van der Waals surface area (Å²) >= 11 is 0. The smallest absolute Gasteiger partial charge is 0.335 e. The summed E-state index contributed by atoms with van der Waals surface area (Å²) < 4.78 is 30.9. The molecule has 0 saturated heterocycles. The average molecular weight is 410 g/mol. The van der Waals surface area contributed by atoms with Crippen LogP contribution in [0, 0.1) is 20.2 Å². The first-order valence-electron chi connectivity index (χ1n) is 6.99. The lowest BCUT2D eigenvalue weighted by molar-refractivity contribution is -0.387. The van der Waals surface area contributed by atoms with Gasteiger partial charge in [0.1, 0.15) is 9.79 Å². The largest absolute Gasteiger partial charge is 0.478 e. The SMILES string of the molecule is O=C(O)c1cc([N+](=O)[O-])c2c(c1)S(=O)(=O)c1cc(C(=O)O)cc([N+](=O)[O-])c1O2. The number of carboxylic acids is 2. The molecule has 13 nitrogen and oxygen atoms in total. The molecule has 0 saturated carbocycles. The number of benzene rings is 2. The highest BCUT2D eigenvalue weighted by molar-refractivity contribution is 7.91. The van der Waals surface area contributed by atoms with Crippen LogP contribution >= 0.6 is 0 Å². The summed E-state index contributed by atoms with van der Waals surface area (Å²) in [5.74, 6) is -5.16. The Morgan fingerprint density at radius 2 is 1.18 bits per heavy atom. The molecule has 144 valence electrons. The fourth-order valence-electron chi connectivity index (χ4n) is 2.52. The molecule has 1 aliphatic heterocycles. The zero-order valence-electron chi connectivity index (χ0n) is 13.2. The number of ether oxygens (including phenoxy) is 1.